The van der Waals surface area contributed by atoms with Crippen molar-refractivity contribution in [2.24, 2.45) is 0 Å². The van der Waals surface area contributed by atoms with Crippen LogP contribution in [0, 0.1) is 12.7 Å². The van der Waals surface area contributed by atoms with Gasteiger partial charge in [0.15, 0.2) is 0 Å². The predicted octanol–water partition coefficient (Wildman–Crippen LogP) is 2.80. The van der Waals surface area contributed by atoms with E-state index in [1.54, 1.807) is 32.4 Å². The highest BCUT2D eigenvalue weighted by Crippen LogP contribution is 2.24. The number of carbonyl (C=O) groups is 2. The van der Waals surface area contributed by atoms with Gasteiger partial charge in [-0.1, -0.05) is 23.8 Å². The lowest BCUT2D eigenvalue weighted by molar-refractivity contribution is -0.127. The normalized spacial score (nSPS) is 10.6. The zero-order chi connectivity index (χ0) is 20.3. The maximum Gasteiger partial charge on any atom is 0.255 e. The maximum atomic E-state index is 13.2. The van der Waals surface area contributed by atoms with Crippen molar-refractivity contribution in [3.05, 3.63) is 71.7 Å². The molecule has 1 aromatic heterocycles. The van der Waals surface area contributed by atoms with Crippen molar-refractivity contribution in [1.82, 2.24) is 20.0 Å². The molecule has 2 amide bonds. The minimum atomic E-state index is -0.403. The lowest BCUT2D eigenvalue weighted by Gasteiger charge is -2.11. The van der Waals surface area contributed by atoms with Gasteiger partial charge >= 0.3 is 0 Å². The summed E-state index contributed by atoms with van der Waals surface area (Å²) in [4.78, 5) is 26.0. The SMILES string of the molecule is Cc1cccc(-c2nn(-c3ccc(F)cc3)cc2C(=O)NCC(=O)N(C)C)c1. The number of benzene rings is 2. The number of halogens is 1. The topological polar surface area (TPSA) is 67.2 Å². The Morgan fingerprint density at radius 2 is 1.86 bits per heavy atom. The van der Waals surface area contributed by atoms with Crippen LogP contribution in [-0.4, -0.2) is 47.1 Å². The van der Waals surface area contributed by atoms with E-state index in [0.717, 1.165) is 11.1 Å². The largest absolute Gasteiger partial charge is 0.347 e. The van der Waals surface area contributed by atoms with Crippen LogP contribution in [-0.2, 0) is 4.79 Å². The zero-order valence-electron chi connectivity index (χ0n) is 15.9. The summed E-state index contributed by atoms with van der Waals surface area (Å²) in [6.07, 6.45) is 1.58. The van der Waals surface area contributed by atoms with E-state index in [0.29, 0.717) is 16.9 Å². The molecule has 0 aliphatic heterocycles. The van der Waals surface area contributed by atoms with Crippen LogP contribution in [0.5, 0.6) is 0 Å². The molecule has 144 valence electrons. The minimum Gasteiger partial charge on any atom is -0.347 e. The fourth-order valence-corrected chi connectivity index (χ4v) is 2.68. The van der Waals surface area contributed by atoms with Gasteiger partial charge in [0.05, 0.1) is 17.8 Å². The molecule has 7 heteroatoms. The van der Waals surface area contributed by atoms with E-state index in [2.05, 4.69) is 10.4 Å². The average Bonchev–Trinajstić information content (AvgIpc) is 3.12. The Kier molecular flexibility index (Phi) is 5.54. The molecule has 0 saturated carbocycles. The number of aryl methyl sites for hydroxylation is 1. The summed E-state index contributed by atoms with van der Waals surface area (Å²) in [7, 11) is 3.25. The summed E-state index contributed by atoms with van der Waals surface area (Å²) in [6, 6.07) is 13.5. The number of hydrogen-bond acceptors (Lipinski definition) is 3. The summed E-state index contributed by atoms with van der Waals surface area (Å²) >= 11 is 0. The molecule has 0 unspecified atom stereocenters. The van der Waals surface area contributed by atoms with E-state index in [1.807, 2.05) is 31.2 Å². The van der Waals surface area contributed by atoms with Gasteiger partial charge in [-0.3, -0.25) is 9.59 Å². The monoisotopic (exact) mass is 380 g/mol. The Morgan fingerprint density at radius 1 is 1.14 bits per heavy atom. The summed E-state index contributed by atoms with van der Waals surface area (Å²) < 4.78 is 14.8. The van der Waals surface area contributed by atoms with Crippen LogP contribution >= 0.6 is 0 Å². The van der Waals surface area contributed by atoms with Gasteiger partial charge in [-0.25, -0.2) is 9.07 Å². The molecular weight excluding hydrogens is 359 g/mol. The van der Waals surface area contributed by atoms with E-state index in [9.17, 15) is 14.0 Å². The molecule has 2 aromatic carbocycles. The first-order valence-electron chi connectivity index (χ1n) is 8.76. The summed E-state index contributed by atoms with van der Waals surface area (Å²) in [5, 5.41) is 7.18. The predicted molar refractivity (Wildman–Crippen MR) is 105 cm³/mol. The second kappa shape index (κ2) is 8.04. The molecule has 6 nitrogen and oxygen atoms in total. The maximum absolute atomic E-state index is 13.2. The summed E-state index contributed by atoms with van der Waals surface area (Å²) in [5.41, 5.74) is 3.26. The van der Waals surface area contributed by atoms with E-state index < -0.39 is 5.91 Å². The number of likely N-dealkylation sites (N-methyl/N-ethyl adjacent to an activating group) is 1. The fourth-order valence-electron chi connectivity index (χ4n) is 2.68. The van der Waals surface area contributed by atoms with Gasteiger partial charge in [0.1, 0.15) is 11.5 Å². The van der Waals surface area contributed by atoms with Crippen molar-refractivity contribution in [3.8, 4) is 16.9 Å². The molecule has 0 saturated heterocycles. The van der Waals surface area contributed by atoms with Crippen LogP contribution < -0.4 is 5.32 Å². The highest BCUT2D eigenvalue weighted by atomic mass is 19.1. The molecule has 0 bridgehead atoms. The third-order valence-electron chi connectivity index (χ3n) is 4.24. The van der Waals surface area contributed by atoms with Crippen LogP contribution in [0.3, 0.4) is 0 Å². The van der Waals surface area contributed by atoms with E-state index in [4.69, 9.17) is 0 Å². The molecule has 0 fully saturated rings. The summed E-state index contributed by atoms with van der Waals surface area (Å²) in [5.74, 6) is -0.966. The lowest BCUT2D eigenvalue weighted by Crippen LogP contribution is -2.36. The number of hydrogen-bond donors (Lipinski definition) is 1. The number of nitrogens with one attached hydrogen (secondary N) is 1. The second-order valence-corrected chi connectivity index (χ2v) is 6.65. The smallest absolute Gasteiger partial charge is 0.255 e. The van der Waals surface area contributed by atoms with Gasteiger partial charge in [0.25, 0.3) is 5.91 Å². The van der Waals surface area contributed by atoms with Crippen molar-refractivity contribution in [1.29, 1.82) is 0 Å². The van der Waals surface area contributed by atoms with Gasteiger partial charge in [-0.15, -0.1) is 0 Å². The highest BCUT2D eigenvalue weighted by Gasteiger charge is 2.19. The van der Waals surface area contributed by atoms with Crippen molar-refractivity contribution in [3.63, 3.8) is 0 Å². The third-order valence-corrected chi connectivity index (χ3v) is 4.24. The first-order valence-corrected chi connectivity index (χ1v) is 8.76. The molecule has 3 aromatic rings. The first kappa shape index (κ1) is 19.3. The lowest BCUT2D eigenvalue weighted by atomic mass is 10.1. The minimum absolute atomic E-state index is 0.110. The van der Waals surface area contributed by atoms with Gasteiger partial charge in [0, 0.05) is 25.9 Å². The quantitative estimate of drug-likeness (QED) is 0.740. The molecule has 0 atom stereocenters. The Hall–Kier alpha value is -3.48. The third kappa shape index (κ3) is 4.25. The van der Waals surface area contributed by atoms with E-state index in [1.165, 1.54) is 21.7 Å². The fraction of sp³-hybridized carbons (Fsp3) is 0.190. The standard InChI is InChI=1S/C21H21FN4O2/c1-14-5-4-6-15(11-14)20-18(21(28)23-12-19(27)25(2)3)13-26(24-20)17-9-7-16(22)8-10-17/h4-11,13H,12H2,1-3H3,(H,23,28). The van der Waals surface area contributed by atoms with Gasteiger partial charge in [-0.2, -0.15) is 5.10 Å². The highest BCUT2D eigenvalue weighted by molar-refractivity contribution is 6.01. The molecular formula is C21H21FN4O2. The molecule has 28 heavy (non-hydrogen) atoms. The Bertz CT molecular complexity index is 1010. The van der Waals surface area contributed by atoms with E-state index >= 15 is 0 Å². The molecule has 3 rings (SSSR count). The van der Waals surface area contributed by atoms with Crippen LogP contribution in [0.4, 0.5) is 4.39 Å². The molecule has 0 radical (unpaired) electrons. The van der Waals surface area contributed by atoms with Crippen LogP contribution in [0.25, 0.3) is 16.9 Å². The Balaban J connectivity index is 2.00. The van der Waals surface area contributed by atoms with Gasteiger partial charge in [-0.05, 0) is 37.3 Å². The summed E-state index contributed by atoms with van der Waals surface area (Å²) in [6.45, 7) is 1.84. The average molecular weight is 380 g/mol. The number of aromatic nitrogens is 2. The Morgan fingerprint density at radius 3 is 2.50 bits per heavy atom. The van der Waals surface area contributed by atoms with Crippen molar-refractivity contribution in [2.45, 2.75) is 6.92 Å². The molecule has 1 N–H and O–H groups in total. The molecule has 0 aliphatic rings. The number of rotatable bonds is 5. The van der Waals surface area contributed by atoms with Gasteiger partial charge in [0.2, 0.25) is 5.91 Å². The second-order valence-electron chi connectivity index (χ2n) is 6.65. The Labute approximate surface area is 162 Å². The van der Waals surface area contributed by atoms with Crippen LogP contribution in [0.2, 0.25) is 0 Å². The van der Waals surface area contributed by atoms with Crippen LogP contribution in [0.1, 0.15) is 15.9 Å². The molecule has 0 spiro atoms. The number of carbonyl (C=O) groups excluding carboxylic acids is 2. The van der Waals surface area contributed by atoms with Crippen molar-refractivity contribution < 1.29 is 14.0 Å². The van der Waals surface area contributed by atoms with Crippen molar-refractivity contribution >= 4 is 11.8 Å². The zero-order valence-corrected chi connectivity index (χ0v) is 15.9. The van der Waals surface area contributed by atoms with Crippen molar-refractivity contribution in [2.75, 3.05) is 20.6 Å². The molecule has 0 aliphatic carbocycles. The van der Waals surface area contributed by atoms with E-state index in [-0.39, 0.29) is 18.3 Å². The number of nitrogens with zero attached hydrogens (tertiary/aromatic N) is 3. The van der Waals surface area contributed by atoms with Gasteiger partial charge < -0.3 is 10.2 Å². The molecule has 1 heterocycles. The first-order chi connectivity index (χ1) is 13.3. The van der Waals surface area contributed by atoms with Crippen LogP contribution in [0.15, 0.2) is 54.7 Å². The number of amides is 2.